The van der Waals surface area contributed by atoms with E-state index in [-0.39, 0.29) is 19.3 Å². The maximum absolute atomic E-state index is 12.9. The molecule has 0 saturated heterocycles. The molecular weight excluding hydrogens is 976 g/mol. The molecule has 0 amide bonds. The van der Waals surface area contributed by atoms with E-state index in [1.807, 2.05) is 36.5 Å². The number of allylic oxidation sites excluding steroid dienone is 20. The fourth-order valence-electron chi connectivity index (χ4n) is 7.27. The van der Waals surface area contributed by atoms with Crippen LogP contribution in [0.4, 0.5) is 0 Å². The average molecular weight is 1080 g/mol. The lowest BCUT2D eigenvalue weighted by molar-refractivity contribution is -0.160. The number of phosphoric acid groups is 1. The molecule has 0 aliphatic carbocycles. The highest BCUT2D eigenvalue weighted by atomic mass is 31.2. The van der Waals surface area contributed by atoms with Crippen molar-refractivity contribution in [2.75, 3.05) is 26.4 Å². The van der Waals surface area contributed by atoms with Gasteiger partial charge >= 0.3 is 25.7 Å². The van der Waals surface area contributed by atoms with Crippen LogP contribution in [0.25, 0.3) is 0 Å². The van der Waals surface area contributed by atoms with E-state index in [1.165, 1.54) is 83.5 Å². The van der Waals surface area contributed by atoms with Gasteiger partial charge < -0.3 is 24.2 Å². The summed E-state index contributed by atoms with van der Waals surface area (Å²) in [6.07, 6.45) is 71.9. The molecule has 0 rings (SSSR count). The van der Waals surface area contributed by atoms with Gasteiger partial charge in [-0.2, -0.15) is 0 Å². The van der Waals surface area contributed by atoms with E-state index in [0.29, 0.717) is 19.3 Å². The summed E-state index contributed by atoms with van der Waals surface area (Å²) in [6, 6.07) is 0. The number of phosphoric ester groups is 1. The van der Waals surface area contributed by atoms with Crippen LogP contribution in [-0.2, 0) is 42.2 Å². The normalized spacial score (nSPS) is 14.3. The molecule has 3 atom stereocenters. The summed E-state index contributed by atoms with van der Waals surface area (Å²) in [5, 5.41) is 9.79. The van der Waals surface area contributed by atoms with E-state index < -0.39 is 64.4 Å². The lowest BCUT2D eigenvalue weighted by atomic mass is 10.1. The van der Waals surface area contributed by atoms with Gasteiger partial charge in [-0.1, -0.05) is 231 Å². The van der Waals surface area contributed by atoms with Crippen molar-refractivity contribution in [2.45, 2.75) is 226 Å². The van der Waals surface area contributed by atoms with Crippen molar-refractivity contribution in [1.29, 1.82) is 0 Å². The fourth-order valence-corrected chi connectivity index (χ4v) is 8.05. The third kappa shape index (κ3) is 54.4. The van der Waals surface area contributed by atoms with Crippen LogP contribution in [0.2, 0.25) is 0 Å². The monoisotopic (exact) mass is 1080 g/mol. The molecule has 12 heteroatoms. The van der Waals surface area contributed by atoms with Gasteiger partial charge in [0.25, 0.3) is 0 Å². The predicted octanol–water partition coefficient (Wildman–Crippen LogP) is 17.4. The molecule has 0 aromatic heterocycles. The van der Waals surface area contributed by atoms with Crippen molar-refractivity contribution in [3.05, 3.63) is 134 Å². The van der Waals surface area contributed by atoms with Crippen molar-refractivity contribution in [1.82, 2.24) is 0 Å². The SMILES string of the molecule is CC/C=C\C/C=C\C/C=C\C/C=C\C/C=C\CC(=O)OC(CO)COP(=O)(O)OCC(COC(=O)CCCCCCCCCCC/C=C\CCCCCCCC)OC(=O)C/C=C\C/C=C\C/C=C\C/C=C\C/C=C\CC. The number of carbonyl (C=O) groups is 3. The molecule has 11 nitrogen and oxygen atoms in total. The number of unbranched alkanes of at least 4 members (excludes halogenated alkanes) is 15. The minimum atomic E-state index is -4.81. The summed E-state index contributed by atoms with van der Waals surface area (Å²) >= 11 is 0. The Labute approximate surface area is 461 Å². The second kappa shape index (κ2) is 56.8. The van der Waals surface area contributed by atoms with E-state index in [1.54, 1.807) is 12.2 Å². The summed E-state index contributed by atoms with van der Waals surface area (Å²) < 4.78 is 39.3. The summed E-state index contributed by atoms with van der Waals surface area (Å²) in [5.41, 5.74) is 0. The number of aliphatic hydroxyl groups excluding tert-OH is 1. The molecule has 0 aromatic carbocycles. The molecule has 0 aliphatic rings. The standard InChI is InChI=1S/C64H103O11P/c1-4-7-10-13-16-19-22-25-28-29-30-31-34-35-38-41-44-47-50-53-62(66)71-57-61(75-64(68)55-52-49-46-43-40-37-33-27-24-21-18-15-12-9-6-3)59-73-76(69,70)72-58-60(56-65)74-63(67)54-51-48-45-42-39-36-32-26-23-20-17-14-11-8-5-2/h8-9,11-12,17-18,20-21,25-28,32-33,39-40,42-43,48-49,51-52,60-61,65H,4-7,10,13-16,19,22-24,29-31,34-38,41,44-47,50,53-59H2,1-3H3,(H,69,70)/b11-8-,12-9-,20-17-,21-18-,28-25-,32-26-,33-27-,42-39-,43-40-,51-48-,52-49-. The molecule has 76 heavy (non-hydrogen) atoms. The molecule has 0 bridgehead atoms. The Hall–Kier alpha value is -4.38. The van der Waals surface area contributed by atoms with Crippen LogP contribution in [0, 0.1) is 0 Å². The minimum absolute atomic E-state index is 0.0687. The fraction of sp³-hybridized carbons (Fsp3) is 0.609. The van der Waals surface area contributed by atoms with Crippen LogP contribution in [0.15, 0.2) is 134 Å². The van der Waals surface area contributed by atoms with Crippen molar-refractivity contribution < 1.29 is 52.2 Å². The lowest BCUT2D eigenvalue weighted by Gasteiger charge is -2.21. The highest BCUT2D eigenvalue weighted by Crippen LogP contribution is 2.43. The van der Waals surface area contributed by atoms with Gasteiger partial charge in [-0.05, 0) is 96.3 Å². The number of carbonyl (C=O) groups excluding carboxylic acids is 3. The summed E-state index contributed by atoms with van der Waals surface area (Å²) in [4.78, 5) is 48.4. The molecule has 0 saturated carbocycles. The van der Waals surface area contributed by atoms with Gasteiger partial charge in [-0.3, -0.25) is 23.4 Å². The van der Waals surface area contributed by atoms with E-state index in [4.69, 9.17) is 23.3 Å². The van der Waals surface area contributed by atoms with Crippen molar-refractivity contribution in [2.24, 2.45) is 0 Å². The largest absolute Gasteiger partial charge is 0.472 e. The summed E-state index contributed by atoms with van der Waals surface area (Å²) in [7, 11) is -4.81. The Morgan fingerprint density at radius 2 is 0.724 bits per heavy atom. The molecule has 0 heterocycles. The smallest absolute Gasteiger partial charge is 0.462 e. The first-order valence-electron chi connectivity index (χ1n) is 29.1. The zero-order valence-electron chi connectivity index (χ0n) is 47.4. The second-order valence-electron chi connectivity index (χ2n) is 18.7. The van der Waals surface area contributed by atoms with Gasteiger partial charge in [0.15, 0.2) is 6.10 Å². The minimum Gasteiger partial charge on any atom is -0.462 e. The van der Waals surface area contributed by atoms with Gasteiger partial charge in [0.1, 0.15) is 12.7 Å². The number of esters is 3. The zero-order valence-corrected chi connectivity index (χ0v) is 48.3. The number of hydrogen-bond acceptors (Lipinski definition) is 10. The molecule has 0 fully saturated rings. The third-order valence-corrected chi connectivity index (χ3v) is 12.6. The topological polar surface area (TPSA) is 155 Å². The van der Waals surface area contributed by atoms with Crippen LogP contribution >= 0.6 is 7.82 Å². The number of ether oxygens (including phenoxy) is 3. The average Bonchev–Trinajstić information content (AvgIpc) is 3.41. The van der Waals surface area contributed by atoms with Gasteiger partial charge in [0.2, 0.25) is 0 Å². The van der Waals surface area contributed by atoms with Gasteiger partial charge in [-0.25, -0.2) is 4.57 Å². The summed E-state index contributed by atoms with van der Waals surface area (Å²) in [5.74, 6) is -1.77. The van der Waals surface area contributed by atoms with E-state index >= 15 is 0 Å². The first kappa shape index (κ1) is 71.6. The second-order valence-corrected chi connectivity index (χ2v) is 20.2. The molecular formula is C64H103O11P. The number of rotatable bonds is 52. The van der Waals surface area contributed by atoms with Crippen LogP contribution in [0.5, 0.6) is 0 Å². The van der Waals surface area contributed by atoms with Crippen LogP contribution < -0.4 is 0 Å². The predicted molar refractivity (Wildman–Crippen MR) is 316 cm³/mol. The van der Waals surface area contributed by atoms with Gasteiger partial charge in [-0.15, -0.1) is 0 Å². The highest BCUT2D eigenvalue weighted by molar-refractivity contribution is 7.47. The Balaban J connectivity index is 4.89. The van der Waals surface area contributed by atoms with E-state index in [0.717, 1.165) is 70.6 Å². The van der Waals surface area contributed by atoms with Crippen molar-refractivity contribution in [3.63, 3.8) is 0 Å². The lowest BCUT2D eigenvalue weighted by Crippen LogP contribution is -2.30. The Morgan fingerprint density at radius 1 is 0.395 bits per heavy atom. The maximum Gasteiger partial charge on any atom is 0.472 e. The van der Waals surface area contributed by atoms with Crippen LogP contribution in [0.3, 0.4) is 0 Å². The molecule has 3 unspecified atom stereocenters. The van der Waals surface area contributed by atoms with Crippen LogP contribution in [-0.4, -0.2) is 66.5 Å². The first-order chi connectivity index (χ1) is 37.2. The highest BCUT2D eigenvalue weighted by Gasteiger charge is 2.28. The first-order valence-corrected chi connectivity index (χ1v) is 30.6. The molecule has 0 spiro atoms. The number of hydrogen-bond donors (Lipinski definition) is 2. The van der Waals surface area contributed by atoms with Gasteiger partial charge in [0, 0.05) is 6.42 Å². The molecule has 2 N–H and O–H groups in total. The molecule has 430 valence electrons. The Morgan fingerprint density at radius 3 is 1.11 bits per heavy atom. The third-order valence-electron chi connectivity index (χ3n) is 11.6. The van der Waals surface area contributed by atoms with Crippen molar-refractivity contribution in [3.8, 4) is 0 Å². The van der Waals surface area contributed by atoms with E-state index in [2.05, 4.69) is 106 Å². The van der Waals surface area contributed by atoms with Crippen LogP contribution in [0.1, 0.15) is 213 Å². The zero-order chi connectivity index (χ0) is 55.5. The quantitative estimate of drug-likeness (QED) is 0.0197. The Kier molecular flexibility index (Phi) is 53.5. The summed E-state index contributed by atoms with van der Waals surface area (Å²) in [6.45, 7) is 4.18. The Bertz CT molecular complexity index is 1780. The number of aliphatic hydroxyl groups is 1. The maximum atomic E-state index is 12.9. The molecule has 0 aromatic rings. The van der Waals surface area contributed by atoms with E-state index in [9.17, 15) is 28.9 Å². The van der Waals surface area contributed by atoms with Gasteiger partial charge in [0.05, 0.1) is 32.7 Å². The molecule has 0 aliphatic heterocycles. The molecule has 0 radical (unpaired) electrons. The van der Waals surface area contributed by atoms with Crippen molar-refractivity contribution >= 4 is 25.7 Å².